The summed E-state index contributed by atoms with van der Waals surface area (Å²) in [4.78, 5) is 26.2. The first-order chi connectivity index (χ1) is 9.47. The van der Waals surface area contributed by atoms with Gasteiger partial charge >= 0.3 is 5.97 Å². The van der Waals surface area contributed by atoms with E-state index in [2.05, 4.69) is 5.32 Å². The third-order valence-corrected chi connectivity index (χ3v) is 4.23. The van der Waals surface area contributed by atoms with E-state index in [-0.39, 0.29) is 5.91 Å². The molecule has 0 aromatic carbocycles. The highest BCUT2D eigenvalue weighted by Crippen LogP contribution is 2.36. The van der Waals surface area contributed by atoms with E-state index >= 15 is 0 Å². The van der Waals surface area contributed by atoms with Crippen LogP contribution in [0.5, 0.6) is 0 Å². The van der Waals surface area contributed by atoms with Gasteiger partial charge in [0.05, 0.1) is 12.7 Å². The first-order valence-electron chi connectivity index (χ1n) is 5.90. The van der Waals surface area contributed by atoms with Gasteiger partial charge in [0.15, 0.2) is 5.11 Å². The number of ether oxygens (including phenoxy) is 1. The lowest BCUT2D eigenvalue weighted by molar-refractivity contribution is -0.137. The van der Waals surface area contributed by atoms with Crippen LogP contribution in [0.4, 0.5) is 0 Å². The summed E-state index contributed by atoms with van der Waals surface area (Å²) in [6, 6.07) is 3.21. The summed E-state index contributed by atoms with van der Waals surface area (Å²) in [5, 5.41) is 5.07. The summed E-state index contributed by atoms with van der Waals surface area (Å²) in [6.45, 7) is 3.17. The first kappa shape index (κ1) is 14.7. The lowest BCUT2D eigenvalue weighted by Gasteiger charge is -2.36. The largest absolute Gasteiger partial charge is 0.466 e. The van der Waals surface area contributed by atoms with Crippen molar-refractivity contribution >= 4 is 40.5 Å². The molecule has 2 heterocycles. The highest BCUT2D eigenvalue weighted by molar-refractivity contribution is 7.80. The summed E-state index contributed by atoms with van der Waals surface area (Å²) in [7, 11) is 1.32. The quantitative estimate of drug-likeness (QED) is 0.668. The number of carbonyl (C=O) groups is 2. The lowest BCUT2D eigenvalue weighted by atomic mass is 9.99. The molecule has 1 aliphatic heterocycles. The summed E-state index contributed by atoms with van der Waals surface area (Å²) >= 11 is 6.68. The van der Waals surface area contributed by atoms with Crippen molar-refractivity contribution < 1.29 is 14.3 Å². The smallest absolute Gasteiger partial charge is 0.338 e. The first-order valence-corrected chi connectivity index (χ1v) is 7.19. The van der Waals surface area contributed by atoms with Crippen LogP contribution >= 0.6 is 23.6 Å². The van der Waals surface area contributed by atoms with Crippen LogP contribution in [-0.2, 0) is 14.3 Å². The molecule has 20 heavy (non-hydrogen) atoms. The molecule has 5 nitrogen and oxygen atoms in total. The van der Waals surface area contributed by atoms with Gasteiger partial charge in [0, 0.05) is 17.5 Å². The number of hydrogen-bond acceptors (Lipinski definition) is 5. The van der Waals surface area contributed by atoms with Crippen molar-refractivity contribution in [3.63, 3.8) is 0 Å². The zero-order valence-corrected chi connectivity index (χ0v) is 12.9. The van der Waals surface area contributed by atoms with Crippen molar-refractivity contribution in [2.75, 3.05) is 7.11 Å². The van der Waals surface area contributed by atoms with E-state index in [9.17, 15) is 9.59 Å². The number of nitrogens with one attached hydrogen (secondary N) is 1. The Morgan fingerprint density at radius 1 is 1.50 bits per heavy atom. The normalized spacial score (nSPS) is 18.9. The minimum Gasteiger partial charge on any atom is -0.466 e. The Hall–Kier alpha value is -1.73. The molecule has 1 aliphatic rings. The molecule has 1 aromatic heterocycles. The molecule has 1 N–H and O–H groups in total. The Morgan fingerprint density at radius 2 is 2.20 bits per heavy atom. The Balaban J connectivity index is 2.61. The van der Waals surface area contributed by atoms with Gasteiger partial charge in [-0.25, -0.2) is 4.79 Å². The molecule has 0 aliphatic carbocycles. The molecule has 106 valence electrons. The van der Waals surface area contributed by atoms with Gasteiger partial charge < -0.3 is 10.1 Å². The summed E-state index contributed by atoms with van der Waals surface area (Å²) in [6.07, 6.45) is 0. The number of carbonyl (C=O) groups excluding carboxylic acids is 2. The summed E-state index contributed by atoms with van der Waals surface area (Å²) < 4.78 is 4.84. The predicted molar refractivity (Wildman–Crippen MR) is 80.0 cm³/mol. The van der Waals surface area contributed by atoms with Crippen LogP contribution in [0.3, 0.4) is 0 Å². The number of nitrogens with zero attached hydrogens (tertiary/aromatic N) is 1. The molecule has 0 spiro atoms. The van der Waals surface area contributed by atoms with Crippen LogP contribution in [0.1, 0.15) is 24.8 Å². The third-order valence-electron chi connectivity index (χ3n) is 3.01. The van der Waals surface area contributed by atoms with E-state index < -0.39 is 12.0 Å². The maximum Gasteiger partial charge on any atom is 0.338 e. The number of thiophene rings is 1. The van der Waals surface area contributed by atoms with E-state index in [0.717, 1.165) is 4.88 Å². The average molecular weight is 310 g/mol. The van der Waals surface area contributed by atoms with Gasteiger partial charge in [-0.2, -0.15) is 0 Å². The van der Waals surface area contributed by atoms with Crippen LogP contribution in [-0.4, -0.2) is 29.0 Å². The zero-order chi connectivity index (χ0) is 14.9. The fourth-order valence-corrected chi connectivity index (χ4v) is 3.37. The maximum atomic E-state index is 12.1. The maximum absolute atomic E-state index is 12.1. The molecule has 0 saturated heterocycles. The molecule has 2 rings (SSSR count). The van der Waals surface area contributed by atoms with E-state index in [4.69, 9.17) is 17.0 Å². The second kappa shape index (κ2) is 5.72. The summed E-state index contributed by atoms with van der Waals surface area (Å²) in [5.41, 5.74) is 1.01. The summed E-state index contributed by atoms with van der Waals surface area (Å²) in [5.74, 6) is -0.697. The van der Waals surface area contributed by atoms with E-state index in [0.29, 0.717) is 16.4 Å². The van der Waals surface area contributed by atoms with Crippen molar-refractivity contribution in [1.29, 1.82) is 0 Å². The molecule has 0 fully saturated rings. The van der Waals surface area contributed by atoms with Gasteiger partial charge in [-0.1, -0.05) is 6.07 Å². The van der Waals surface area contributed by atoms with Gasteiger partial charge in [-0.15, -0.1) is 11.3 Å². The number of amides is 1. The third kappa shape index (κ3) is 2.46. The molecule has 1 amide bonds. The Bertz CT molecular complexity index is 593. The fourth-order valence-electron chi connectivity index (χ4n) is 2.16. The zero-order valence-electron chi connectivity index (χ0n) is 11.3. The van der Waals surface area contributed by atoms with E-state index in [1.54, 1.807) is 6.92 Å². The van der Waals surface area contributed by atoms with E-state index in [1.165, 1.54) is 30.3 Å². The molecule has 1 atom stereocenters. The second-order valence-electron chi connectivity index (χ2n) is 4.27. The van der Waals surface area contributed by atoms with Crippen molar-refractivity contribution in [3.05, 3.63) is 33.7 Å². The monoisotopic (exact) mass is 310 g/mol. The van der Waals surface area contributed by atoms with Crippen LogP contribution in [0.2, 0.25) is 0 Å². The number of hydrogen-bond donors (Lipinski definition) is 1. The topological polar surface area (TPSA) is 58.6 Å². The number of esters is 1. The molecule has 1 aromatic rings. The van der Waals surface area contributed by atoms with Gasteiger partial charge in [-0.3, -0.25) is 9.69 Å². The Kier molecular flexibility index (Phi) is 4.20. The van der Waals surface area contributed by atoms with Gasteiger partial charge in [0.25, 0.3) is 0 Å². The van der Waals surface area contributed by atoms with Crippen molar-refractivity contribution in [3.8, 4) is 0 Å². The number of rotatable bonds is 2. The molecule has 1 unspecified atom stereocenters. The van der Waals surface area contributed by atoms with Crippen molar-refractivity contribution in [1.82, 2.24) is 10.2 Å². The van der Waals surface area contributed by atoms with Gasteiger partial charge in [0.2, 0.25) is 5.91 Å². The lowest BCUT2D eigenvalue weighted by Crippen LogP contribution is -2.50. The van der Waals surface area contributed by atoms with Crippen LogP contribution in [0, 0.1) is 0 Å². The fraction of sp³-hybridized carbons (Fsp3) is 0.308. The van der Waals surface area contributed by atoms with Gasteiger partial charge in [-0.05, 0) is 30.6 Å². The Labute approximate surface area is 126 Å². The average Bonchev–Trinajstić information content (AvgIpc) is 2.90. The SMILES string of the molecule is COC(=O)C1=C(C)NC(=S)N(C(C)=O)C1c1cccs1. The number of methoxy groups -OCH3 is 1. The standard InChI is InChI=1S/C13H14N2O3S2/c1-7-10(12(17)18-3)11(9-5-4-6-20-9)15(8(2)16)13(19)14-7/h4-6,11H,1-3H3,(H,14,19). The second-order valence-corrected chi connectivity index (χ2v) is 5.63. The van der Waals surface area contributed by atoms with Crippen LogP contribution < -0.4 is 5.32 Å². The minimum atomic E-state index is -0.534. The highest BCUT2D eigenvalue weighted by Gasteiger charge is 2.39. The molecular weight excluding hydrogens is 296 g/mol. The molecule has 0 saturated carbocycles. The molecule has 0 bridgehead atoms. The van der Waals surface area contributed by atoms with Crippen LogP contribution in [0.15, 0.2) is 28.8 Å². The predicted octanol–water partition coefficient (Wildman–Crippen LogP) is 1.97. The number of allylic oxidation sites excluding steroid dienone is 1. The number of thiocarbonyl (C=S) groups is 1. The molecule has 0 radical (unpaired) electrons. The van der Waals surface area contributed by atoms with Crippen molar-refractivity contribution in [2.45, 2.75) is 19.9 Å². The van der Waals surface area contributed by atoms with Crippen molar-refractivity contribution in [2.24, 2.45) is 0 Å². The Morgan fingerprint density at radius 3 is 2.70 bits per heavy atom. The molecule has 7 heteroatoms. The van der Waals surface area contributed by atoms with E-state index in [1.807, 2.05) is 17.5 Å². The van der Waals surface area contributed by atoms with Gasteiger partial charge in [0.1, 0.15) is 6.04 Å². The molecular formula is C13H14N2O3S2. The minimum absolute atomic E-state index is 0.227. The van der Waals surface area contributed by atoms with Crippen LogP contribution in [0.25, 0.3) is 0 Å². The highest BCUT2D eigenvalue weighted by atomic mass is 32.1.